The number of hydrogen-bond acceptors (Lipinski definition) is 4. The SMILES string of the molecule is O=C(O)c1ccccc1N/N=C/c1cc(Br)c(O)c(Br)c1. The van der Waals surface area contributed by atoms with Gasteiger partial charge in [-0.05, 0) is 61.7 Å². The number of carboxylic acids is 1. The van der Waals surface area contributed by atoms with Crippen molar-refractivity contribution in [3.8, 4) is 5.75 Å². The lowest BCUT2D eigenvalue weighted by Crippen LogP contribution is -2.02. The van der Waals surface area contributed by atoms with Gasteiger partial charge >= 0.3 is 5.97 Å². The van der Waals surface area contributed by atoms with Crippen LogP contribution in [0.3, 0.4) is 0 Å². The smallest absolute Gasteiger partial charge is 0.337 e. The normalized spacial score (nSPS) is 10.8. The molecular formula is C14H10Br2N2O3. The number of halogens is 2. The molecule has 5 nitrogen and oxygen atoms in total. The first-order valence-corrected chi connectivity index (χ1v) is 7.37. The van der Waals surface area contributed by atoms with E-state index in [2.05, 4.69) is 42.4 Å². The fourth-order valence-corrected chi connectivity index (χ4v) is 2.82. The maximum Gasteiger partial charge on any atom is 0.337 e. The second-order valence-corrected chi connectivity index (χ2v) is 5.76. The Hall–Kier alpha value is -1.86. The lowest BCUT2D eigenvalue weighted by atomic mass is 10.2. The van der Waals surface area contributed by atoms with Gasteiger partial charge in [0.15, 0.2) is 0 Å². The highest BCUT2D eigenvalue weighted by Crippen LogP contribution is 2.32. The first-order chi connectivity index (χ1) is 9.99. The van der Waals surface area contributed by atoms with Crippen molar-refractivity contribution in [2.75, 3.05) is 5.43 Å². The van der Waals surface area contributed by atoms with Crippen molar-refractivity contribution < 1.29 is 15.0 Å². The van der Waals surface area contributed by atoms with Crippen LogP contribution in [0.5, 0.6) is 5.75 Å². The maximum absolute atomic E-state index is 11.0. The average Bonchev–Trinajstić information content (AvgIpc) is 2.45. The number of benzene rings is 2. The number of nitrogens with one attached hydrogen (secondary N) is 1. The number of phenolic OH excluding ortho intramolecular Hbond substituents is 1. The Morgan fingerprint density at radius 2 is 1.81 bits per heavy atom. The van der Waals surface area contributed by atoms with E-state index in [4.69, 9.17) is 5.11 Å². The van der Waals surface area contributed by atoms with E-state index < -0.39 is 5.97 Å². The van der Waals surface area contributed by atoms with Crippen LogP contribution in [0.4, 0.5) is 5.69 Å². The number of hydrazone groups is 1. The third-order valence-electron chi connectivity index (χ3n) is 2.60. The second kappa shape index (κ2) is 6.73. The van der Waals surface area contributed by atoms with Crippen LogP contribution in [0.2, 0.25) is 0 Å². The van der Waals surface area contributed by atoms with Crippen molar-refractivity contribution in [3.05, 3.63) is 56.5 Å². The largest absolute Gasteiger partial charge is 0.506 e. The number of rotatable bonds is 4. The Morgan fingerprint density at radius 1 is 1.19 bits per heavy atom. The van der Waals surface area contributed by atoms with Gasteiger partial charge in [0.25, 0.3) is 0 Å². The molecule has 108 valence electrons. The highest BCUT2D eigenvalue weighted by molar-refractivity contribution is 9.11. The molecule has 0 bridgehead atoms. The lowest BCUT2D eigenvalue weighted by molar-refractivity contribution is 0.0698. The molecule has 7 heteroatoms. The van der Waals surface area contributed by atoms with Crippen molar-refractivity contribution in [2.24, 2.45) is 5.10 Å². The van der Waals surface area contributed by atoms with E-state index in [-0.39, 0.29) is 11.3 Å². The molecule has 0 saturated carbocycles. The topological polar surface area (TPSA) is 81.9 Å². The standard InChI is InChI=1S/C14H10Br2N2O3/c15-10-5-8(6-11(16)13(10)19)7-17-18-12-4-2-1-3-9(12)14(20)21/h1-7,18-19H,(H,20,21)/b17-7+. The Kier molecular flexibility index (Phi) is 4.98. The summed E-state index contributed by atoms with van der Waals surface area (Å²) in [5.41, 5.74) is 3.96. The number of anilines is 1. The zero-order valence-corrected chi connectivity index (χ0v) is 13.7. The number of carbonyl (C=O) groups is 1. The Balaban J connectivity index is 2.19. The quantitative estimate of drug-likeness (QED) is 0.521. The van der Waals surface area contributed by atoms with Crippen LogP contribution in [0.15, 0.2) is 50.4 Å². The van der Waals surface area contributed by atoms with Crippen LogP contribution in [-0.2, 0) is 0 Å². The van der Waals surface area contributed by atoms with Gasteiger partial charge in [-0.2, -0.15) is 5.10 Å². The predicted octanol–water partition coefficient (Wildman–Crippen LogP) is 4.06. The van der Waals surface area contributed by atoms with E-state index >= 15 is 0 Å². The minimum absolute atomic E-state index is 0.108. The molecule has 3 N–H and O–H groups in total. The van der Waals surface area contributed by atoms with Crippen molar-refractivity contribution >= 4 is 49.7 Å². The highest BCUT2D eigenvalue weighted by atomic mass is 79.9. The summed E-state index contributed by atoms with van der Waals surface area (Å²) < 4.78 is 1.06. The van der Waals surface area contributed by atoms with Gasteiger partial charge in [0, 0.05) is 0 Å². The van der Waals surface area contributed by atoms with Crippen LogP contribution in [-0.4, -0.2) is 22.4 Å². The van der Waals surface area contributed by atoms with E-state index in [1.54, 1.807) is 30.3 Å². The molecule has 0 aliphatic carbocycles. The van der Waals surface area contributed by atoms with Gasteiger partial charge in [-0.15, -0.1) is 0 Å². The summed E-state index contributed by atoms with van der Waals surface area (Å²) in [6.45, 7) is 0. The zero-order chi connectivity index (χ0) is 15.4. The molecule has 0 aliphatic heterocycles. The summed E-state index contributed by atoms with van der Waals surface area (Å²) >= 11 is 6.45. The van der Waals surface area contributed by atoms with Gasteiger partial charge in [-0.3, -0.25) is 5.43 Å². The van der Waals surface area contributed by atoms with E-state index in [1.807, 2.05) is 0 Å². The summed E-state index contributed by atoms with van der Waals surface area (Å²) in [5.74, 6) is -0.917. The predicted molar refractivity (Wildman–Crippen MR) is 88.1 cm³/mol. The van der Waals surface area contributed by atoms with Gasteiger partial charge in [0.2, 0.25) is 0 Å². The summed E-state index contributed by atoms with van der Waals surface area (Å²) in [6.07, 6.45) is 1.52. The third kappa shape index (κ3) is 3.83. The molecule has 0 fully saturated rings. The molecule has 0 spiro atoms. The number of hydrogen-bond donors (Lipinski definition) is 3. The number of aromatic carboxylic acids is 1. The second-order valence-electron chi connectivity index (χ2n) is 4.05. The Morgan fingerprint density at radius 3 is 2.43 bits per heavy atom. The third-order valence-corrected chi connectivity index (χ3v) is 3.80. The first kappa shape index (κ1) is 15.5. The van der Waals surface area contributed by atoms with Crippen molar-refractivity contribution in [2.45, 2.75) is 0 Å². The van der Waals surface area contributed by atoms with Crippen molar-refractivity contribution in [3.63, 3.8) is 0 Å². The molecule has 2 aromatic carbocycles. The van der Waals surface area contributed by atoms with Gasteiger partial charge < -0.3 is 10.2 Å². The number of phenols is 1. The monoisotopic (exact) mass is 412 g/mol. The van der Waals surface area contributed by atoms with Crippen LogP contribution in [0.1, 0.15) is 15.9 Å². The lowest BCUT2D eigenvalue weighted by Gasteiger charge is -2.05. The van der Waals surface area contributed by atoms with Gasteiger partial charge in [-0.25, -0.2) is 4.79 Å². The van der Waals surface area contributed by atoms with Crippen LogP contribution >= 0.6 is 31.9 Å². The first-order valence-electron chi connectivity index (χ1n) is 5.78. The molecule has 0 heterocycles. The summed E-state index contributed by atoms with van der Waals surface area (Å²) in [4.78, 5) is 11.0. The number of carboxylic acid groups (broad SMARTS) is 1. The molecule has 0 atom stereocenters. The Bertz CT molecular complexity index is 694. The summed E-state index contributed by atoms with van der Waals surface area (Å²) in [6, 6.07) is 9.87. The summed E-state index contributed by atoms with van der Waals surface area (Å²) in [7, 11) is 0. The van der Waals surface area contributed by atoms with Crippen molar-refractivity contribution in [1.82, 2.24) is 0 Å². The van der Waals surface area contributed by atoms with Crippen LogP contribution in [0.25, 0.3) is 0 Å². The average molecular weight is 414 g/mol. The number of nitrogens with zero attached hydrogens (tertiary/aromatic N) is 1. The van der Waals surface area contributed by atoms with E-state index in [0.717, 1.165) is 5.56 Å². The number of para-hydroxylation sites is 1. The molecule has 0 amide bonds. The molecule has 0 unspecified atom stereocenters. The highest BCUT2D eigenvalue weighted by Gasteiger charge is 2.08. The molecule has 2 rings (SSSR count). The molecule has 0 aliphatic rings. The van der Waals surface area contributed by atoms with Gasteiger partial charge in [0.05, 0.1) is 26.4 Å². The van der Waals surface area contributed by atoms with E-state index in [0.29, 0.717) is 14.6 Å². The van der Waals surface area contributed by atoms with Crippen LogP contribution < -0.4 is 5.43 Å². The molecule has 21 heavy (non-hydrogen) atoms. The maximum atomic E-state index is 11.0. The minimum Gasteiger partial charge on any atom is -0.506 e. The van der Waals surface area contributed by atoms with E-state index in [9.17, 15) is 9.90 Å². The zero-order valence-electron chi connectivity index (χ0n) is 10.5. The Labute approximate surface area is 137 Å². The number of aromatic hydroxyl groups is 1. The molecule has 2 aromatic rings. The van der Waals surface area contributed by atoms with Crippen molar-refractivity contribution in [1.29, 1.82) is 0 Å². The minimum atomic E-state index is -1.02. The van der Waals surface area contributed by atoms with Gasteiger partial charge in [-0.1, -0.05) is 12.1 Å². The molecular weight excluding hydrogens is 404 g/mol. The van der Waals surface area contributed by atoms with Crippen LogP contribution in [0, 0.1) is 0 Å². The molecule has 0 aromatic heterocycles. The fraction of sp³-hybridized carbons (Fsp3) is 0. The molecule has 0 radical (unpaired) electrons. The molecule has 0 saturated heterocycles. The van der Waals surface area contributed by atoms with Gasteiger partial charge in [0.1, 0.15) is 5.75 Å². The summed E-state index contributed by atoms with van der Waals surface area (Å²) in [5, 5.41) is 22.7. The van der Waals surface area contributed by atoms with E-state index in [1.165, 1.54) is 12.3 Å². The fourth-order valence-electron chi connectivity index (χ4n) is 1.60.